The summed E-state index contributed by atoms with van der Waals surface area (Å²) in [4.78, 5) is 49.5. The summed E-state index contributed by atoms with van der Waals surface area (Å²) < 4.78 is 0. The second-order valence-electron chi connectivity index (χ2n) is 10.6. The topological polar surface area (TPSA) is 107 Å². The first kappa shape index (κ1) is 25.0. The second-order valence-corrected chi connectivity index (χ2v) is 10.6. The zero-order valence-corrected chi connectivity index (χ0v) is 21.4. The van der Waals surface area contributed by atoms with Gasteiger partial charge in [-0.1, -0.05) is 49.4 Å². The van der Waals surface area contributed by atoms with Gasteiger partial charge in [0.05, 0.1) is 29.5 Å². The van der Waals surface area contributed by atoms with Crippen LogP contribution in [-0.4, -0.2) is 45.2 Å². The van der Waals surface area contributed by atoms with Crippen molar-refractivity contribution in [2.45, 2.75) is 64.1 Å². The van der Waals surface area contributed by atoms with Crippen LogP contribution < -0.4 is 10.6 Å². The lowest BCUT2D eigenvalue weighted by molar-refractivity contribution is -0.138. The molecule has 1 aliphatic carbocycles. The third-order valence-corrected chi connectivity index (χ3v) is 7.69. The molecule has 0 bridgehead atoms. The smallest absolute Gasteiger partial charge is 0.243 e. The van der Waals surface area contributed by atoms with Gasteiger partial charge in [0.2, 0.25) is 17.7 Å². The van der Waals surface area contributed by atoms with E-state index >= 15 is 0 Å². The minimum Gasteiger partial charge on any atom is -0.345 e. The number of rotatable bonds is 8. The summed E-state index contributed by atoms with van der Waals surface area (Å²) in [6, 6.07) is 16.3. The highest BCUT2D eigenvalue weighted by Gasteiger charge is 2.37. The van der Waals surface area contributed by atoms with Gasteiger partial charge in [-0.25, -0.2) is 4.98 Å². The van der Waals surface area contributed by atoms with Crippen LogP contribution in [0.3, 0.4) is 0 Å². The summed E-state index contributed by atoms with van der Waals surface area (Å²) in [5, 5.41) is 5.87. The molecule has 194 valence electrons. The first-order valence-corrected chi connectivity index (χ1v) is 13.3. The zero-order chi connectivity index (χ0) is 25.9. The standard InChI is InChI=1S/C29H35N5O3/c1-18-15-21(16-18)28(36)33-24(17-26(35)34-14-8-13-25(34)20-9-4-3-5-10-20)29(37)30-19(2)27-31-22-11-6-7-12-23(22)32-27/h3-7,9-12,18-19,21,24-25H,8,13-17H2,1-2H3,(H,30,37)(H,31,32)(H,33,36)/t18?,19?,21?,24-,25?/m0/s1. The van der Waals surface area contributed by atoms with Crippen LogP contribution in [0.5, 0.6) is 0 Å². The summed E-state index contributed by atoms with van der Waals surface area (Å²) in [7, 11) is 0. The van der Waals surface area contributed by atoms with Crippen molar-refractivity contribution in [3.63, 3.8) is 0 Å². The quantitative estimate of drug-likeness (QED) is 0.433. The van der Waals surface area contributed by atoms with Gasteiger partial charge in [0, 0.05) is 12.5 Å². The van der Waals surface area contributed by atoms with Gasteiger partial charge in [-0.05, 0) is 56.2 Å². The average molecular weight is 502 g/mol. The number of aromatic amines is 1. The summed E-state index contributed by atoms with van der Waals surface area (Å²) in [5.41, 5.74) is 2.80. The number of H-pyrrole nitrogens is 1. The lowest BCUT2D eigenvalue weighted by Crippen LogP contribution is -2.52. The van der Waals surface area contributed by atoms with Crippen molar-refractivity contribution in [3.05, 3.63) is 66.0 Å². The molecule has 2 unspecified atom stereocenters. The second kappa shape index (κ2) is 10.7. The monoisotopic (exact) mass is 501 g/mol. The van der Waals surface area contributed by atoms with Crippen molar-refractivity contribution >= 4 is 28.8 Å². The van der Waals surface area contributed by atoms with Gasteiger partial charge in [-0.3, -0.25) is 14.4 Å². The van der Waals surface area contributed by atoms with E-state index in [1.807, 2.05) is 66.4 Å². The highest BCUT2D eigenvalue weighted by atomic mass is 16.2. The van der Waals surface area contributed by atoms with E-state index in [1.54, 1.807) is 0 Å². The molecule has 0 spiro atoms. The van der Waals surface area contributed by atoms with Gasteiger partial charge in [0.25, 0.3) is 0 Å². The van der Waals surface area contributed by atoms with Crippen LogP contribution in [-0.2, 0) is 14.4 Å². The van der Waals surface area contributed by atoms with Gasteiger partial charge < -0.3 is 20.5 Å². The van der Waals surface area contributed by atoms with Crippen LogP contribution in [0, 0.1) is 11.8 Å². The zero-order valence-electron chi connectivity index (χ0n) is 21.4. The van der Waals surface area contributed by atoms with Gasteiger partial charge >= 0.3 is 0 Å². The number of carbonyl (C=O) groups is 3. The van der Waals surface area contributed by atoms with Crippen molar-refractivity contribution in [2.24, 2.45) is 11.8 Å². The number of nitrogens with one attached hydrogen (secondary N) is 3. The van der Waals surface area contributed by atoms with Gasteiger partial charge in [-0.2, -0.15) is 0 Å². The number of likely N-dealkylation sites (tertiary alicyclic amines) is 1. The van der Waals surface area contributed by atoms with Crippen LogP contribution in [0.4, 0.5) is 0 Å². The number of imidazole rings is 1. The first-order valence-electron chi connectivity index (χ1n) is 13.3. The molecule has 3 N–H and O–H groups in total. The summed E-state index contributed by atoms with van der Waals surface area (Å²) in [5.74, 6) is 0.389. The minimum absolute atomic E-state index is 0.00457. The SMILES string of the molecule is CC1CC(C(=O)N[C@@H](CC(=O)N2CCCC2c2ccccc2)C(=O)NC(C)c2nc3ccccc3[nH]2)C1. The molecule has 0 radical (unpaired) electrons. The fourth-order valence-corrected chi connectivity index (χ4v) is 5.55. The number of benzene rings is 2. The maximum Gasteiger partial charge on any atom is 0.243 e. The predicted octanol–water partition coefficient (Wildman–Crippen LogP) is 4.02. The highest BCUT2D eigenvalue weighted by Crippen LogP contribution is 2.34. The van der Waals surface area contributed by atoms with Crippen LogP contribution in [0.15, 0.2) is 54.6 Å². The molecule has 1 saturated carbocycles. The van der Waals surface area contributed by atoms with E-state index in [9.17, 15) is 14.4 Å². The van der Waals surface area contributed by atoms with Crippen molar-refractivity contribution in [2.75, 3.05) is 6.54 Å². The number of aromatic nitrogens is 2. The average Bonchev–Trinajstić information content (AvgIpc) is 3.54. The van der Waals surface area contributed by atoms with Crippen molar-refractivity contribution < 1.29 is 14.4 Å². The predicted molar refractivity (Wildman–Crippen MR) is 141 cm³/mol. The Morgan fingerprint density at radius 3 is 2.51 bits per heavy atom. The van der Waals surface area contributed by atoms with Gasteiger partial charge in [-0.15, -0.1) is 0 Å². The van der Waals surface area contributed by atoms with Crippen LogP contribution in [0.1, 0.15) is 69.4 Å². The highest BCUT2D eigenvalue weighted by molar-refractivity contribution is 5.93. The molecule has 5 rings (SSSR count). The summed E-state index contributed by atoms with van der Waals surface area (Å²) in [6.45, 7) is 4.61. The molecule has 3 aromatic rings. The molecule has 1 aromatic heterocycles. The molecule has 2 heterocycles. The molecule has 2 aliphatic rings. The number of amides is 3. The molecular weight excluding hydrogens is 466 g/mol. The van der Waals surface area contributed by atoms with E-state index < -0.39 is 12.1 Å². The third-order valence-electron chi connectivity index (χ3n) is 7.69. The van der Waals surface area contributed by atoms with E-state index in [0.717, 1.165) is 42.3 Å². The molecule has 8 nitrogen and oxygen atoms in total. The third kappa shape index (κ3) is 5.53. The van der Waals surface area contributed by atoms with Crippen LogP contribution in [0.25, 0.3) is 11.0 Å². The maximum atomic E-state index is 13.5. The van der Waals surface area contributed by atoms with E-state index in [2.05, 4.69) is 27.5 Å². The molecule has 2 fully saturated rings. The molecule has 3 atom stereocenters. The molecule has 37 heavy (non-hydrogen) atoms. The lowest BCUT2D eigenvalue weighted by Gasteiger charge is -2.33. The summed E-state index contributed by atoms with van der Waals surface area (Å²) >= 11 is 0. The fraction of sp³-hybridized carbons (Fsp3) is 0.448. The molecule has 2 aromatic carbocycles. The van der Waals surface area contributed by atoms with Crippen LogP contribution in [0.2, 0.25) is 0 Å². The van der Waals surface area contributed by atoms with Crippen molar-refractivity contribution in [1.82, 2.24) is 25.5 Å². The first-order chi connectivity index (χ1) is 17.9. The Morgan fingerprint density at radius 2 is 1.78 bits per heavy atom. The van der Waals surface area contributed by atoms with Gasteiger partial charge in [0.1, 0.15) is 11.9 Å². The number of hydrogen-bond donors (Lipinski definition) is 3. The van der Waals surface area contributed by atoms with E-state index in [4.69, 9.17) is 0 Å². The Bertz CT molecular complexity index is 1230. The molecule has 8 heteroatoms. The molecule has 1 saturated heterocycles. The summed E-state index contributed by atoms with van der Waals surface area (Å²) in [6.07, 6.45) is 3.35. The molecule has 3 amide bonds. The Morgan fingerprint density at radius 1 is 1.05 bits per heavy atom. The fourth-order valence-electron chi connectivity index (χ4n) is 5.55. The number of para-hydroxylation sites is 2. The van der Waals surface area contributed by atoms with Crippen molar-refractivity contribution in [3.8, 4) is 0 Å². The number of fused-ring (bicyclic) bond motifs is 1. The van der Waals surface area contributed by atoms with Gasteiger partial charge in [0.15, 0.2) is 0 Å². The number of nitrogens with zero attached hydrogens (tertiary/aromatic N) is 2. The Balaban J connectivity index is 1.30. The normalized spacial score (nSPS) is 22.8. The lowest BCUT2D eigenvalue weighted by atomic mass is 9.75. The Hall–Kier alpha value is -3.68. The molecule has 1 aliphatic heterocycles. The van der Waals surface area contributed by atoms with Crippen LogP contribution >= 0.6 is 0 Å². The Labute approximate surface area is 217 Å². The van der Waals surface area contributed by atoms with E-state index in [1.165, 1.54) is 0 Å². The number of hydrogen-bond acceptors (Lipinski definition) is 4. The van der Waals surface area contributed by atoms with E-state index in [-0.39, 0.29) is 36.1 Å². The minimum atomic E-state index is -0.945. The Kier molecular flexibility index (Phi) is 7.26. The van der Waals surface area contributed by atoms with Crippen molar-refractivity contribution in [1.29, 1.82) is 0 Å². The number of carbonyl (C=O) groups excluding carboxylic acids is 3. The van der Waals surface area contributed by atoms with E-state index in [0.29, 0.717) is 18.3 Å². The molecular formula is C29H35N5O3. The maximum absolute atomic E-state index is 13.5. The largest absolute Gasteiger partial charge is 0.345 e.